The third-order valence-corrected chi connectivity index (χ3v) is 4.41. The second-order valence-corrected chi connectivity index (χ2v) is 5.78. The molecule has 6 nitrogen and oxygen atoms in total. The molecule has 9 heteroatoms. The van der Waals surface area contributed by atoms with E-state index in [0.29, 0.717) is 18.8 Å². The van der Waals surface area contributed by atoms with Crippen LogP contribution in [0.25, 0.3) is 0 Å². The van der Waals surface area contributed by atoms with Gasteiger partial charge in [0.15, 0.2) is 0 Å². The van der Waals surface area contributed by atoms with Gasteiger partial charge in [-0.25, -0.2) is 9.78 Å². The Labute approximate surface area is 129 Å². The van der Waals surface area contributed by atoms with Crippen molar-refractivity contribution in [1.82, 2.24) is 15.6 Å². The number of urea groups is 1. The molecule has 124 valence electrons. The summed E-state index contributed by atoms with van der Waals surface area (Å²) in [7, 11) is 0. The van der Waals surface area contributed by atoms with Crippen LogP contribution in [-0.4, -0.2) is 29.0 Å². The van der Waals surface area contributed by atoms with Gasteiger partial charge in [-0.1, -0.05) is 6.42 Å². The van der Waals surface area contributed by atoms with Crippen LogP contribution in [0.2, 0.25) is 0 Å². The number of halogens is 3. The summed E-state index contributed by atoms with van der Waals surface area (Å²) in [4.78, 5) is 27.1. The fraction of sp³-hybridized carbons (Fsp3) is 0.500. The number of anilines is 1. The molecule has 1 saturated heterocycles. The molecule has 1 spiro atoms. The molecule has 3 rings (SSSR count). The molecule has 0 unspecified atom stereocenters. The van der Waals surface area contributed by atoms with Crippen molar-refractivity contribution in [2.45, 2.75) is 31.0 Å². The monoisotopic (exact) mass is 328 g/mol. The Morgan fingerprint density at radius 3 is 2.70 bits per heavy atom. The molecule has 2 fully saturated rings. The second-order valence-electron chi connectivity index (χ2n) is 5.78. The first-order valence-corrected chi connectivity index (χ1v) is 7.22. The predicted molar refractivity (Wildman–Crippen MR) is 74.5 cm³/mol. The minimum Gasteiger partial charge on any atom is -0.370 e. The summed E-state index contributed by atoms with van der Waals surface area (Å²) in [5, 5.41) is 7.87. The summed E-state index contributed by atoms with van der Waals surface area (Å²) >= 11 is 0. The van der Waals surface area contributed by atoms with Crippen LogP contribution >= 0.6 is 0 Å². The zero-order valence-corrected chi connectivity index (χ0v) is 12.0. The van der Waals surface area contributed by atoms with Gasteiger partial charge in [0.05, 0.1) is 5.56 Å². The van der Waals surface area contributed by atoms with Gasteiger partial charge < -0.3 is 10.6 Å². The van der Waals surface area contributed by atoms with Gasteiger partial charge in [0.1, 0.15) is 11.4 Å². The van der Waals surface area contributed by atoms with E-state index < -0.39 is 23.3 Å². The normalized spacial score (nSPS) is 27.2. The Morgan fingerprint density at radius 2 is 2.13 bits per heavy atom. The van der Waals surface area contributed by atoms with Crippen molar-refractivity contribution in [3.05, 3.63) is 23.9 Å². The number of hydrogen-bond donors (Lipinski definition) is 3. The lowest BCUT2D eigenvalue weighted by atomic mass is 9.87. The molecule has 1 aliphatic carbocycles. The molecule has 1 aliphatic heterocycles. The van der Waals surface area contributed by atoms with Crippen molar-refractivity contribution in [1.29, 1.82) is 0 Å². The zero-order chi connectivity index (χ0) is 16.7. The van der Waals surface area contributed by atoms with Crippen LogP contribution < -0.4 is 16.0 Å². The molecule has 23 heavy (non-hydrogen) atoms. The molecule has 0 aromatic carbocycles. The maximum Gasteiger partial charge on any atom is 0.417 e. The van der Waals surface area contributed by atoms with E-state index in [2.05, 4.69) is 20.9 Å². The quantitative estimate of drug-likeness (QED) is 0.740. The number of hydrogen-bond acceptors (Lipinski definition) is 4. The van der Waals surface area contributed by atoms with Gasteiger partial charge >= 0.3 is 12.2 Å². The Bertz CT molecular complexity index is 632. The first-order chi connectivity index (χ1) is 10.8. The van der Waals surface area contributed by atoms with Crippen LogP contribution in [0.3, 0.4) is 0 Å². The number of rotatable bonds is 3. The number of nitrogens with zero attached hydrogens (tertiary/aromatic N) is 1. The van der Waals surface area contributed by atoms with E-state index in [4.69, 9.17) is 0 Å². The Balaban J connectivity index is 1.66. The van der Waals surface area contributed by atoms with Crippen LogP contribution in [0, 0.1) is 5.92 Å². The Hall–Kier alpha value is -2.32. The van der Waals surface area contributed by atoms with Gasteiger partial charge in [-0.2, -0.15) is 13.2 Å². The number of alkyl halides is 3. The SMILES string of the molecule is O=C1NC(=O)[C@]2(CCC[C@H]2CNc2ccc(C(F)(F)F)cn2)N1. The van der Waals surface area contributed by atoms with E-state index in [9.17, 15) is 22.8 Å². The molecular weight excluding hydrogens is 313 g/mol. The van der Waals surface area contributed by atoms with Crippen LogP contribution in [-0.2, 0) is 11.0 Å². The van der Waals surface area contributed by atoms with Gasteiger partial charge in [-0.3, -0.25) is 10.1 Å². The molecule has 0 radical (unpaired) electrons. The van der Waals surface area contributed by atoms with Crippen molar-refractivity contribution in [3.63, 3.8) is 0 Å². The zero-order valence-electron chi connectivity index (χ0n) is 12.0. The first-order valence-electron chi connectivity index (χ1n) is 7.22. The number of aromatic nitrogens is 1. The average Bonchev–Trinajstić information content (AvgIpc) is 3.00. The Morgan fingerprint density at radius 1 is 1.35 bits per heavy atom. The molecule has 2 atom stereocenters. The molecule has 0 bridgehead atoms. The summed E-state index contributed by atoms with van der Waals surface area (Å²) in [6.45, 7) is 0.339. The third-order valence-electron chi connectivity index (χ3n) is 4.41. The summed E-state index contributed by atoms with van der Waals surface area (Å²) in [6, 6.07) is 1.69. The van der Waals surface area contributed by atoms with E-state index in [-0.39, 0.29) is 11.8 Å². The smallest absolute Gasteiger partial charge is 0.370 e. The summed E-state index contributed by atoms with van der Waals surface area (Å²) < 4.78 is 37.5. The standard InChI is InChI=1S/C14H15F3N4O2/c15-14(16,17)9-3-4-10(19-7-9)18-6-8-2-1-5-13(8)11(22)20-12(23)21-13/h3-4,7-8H,1-2,5-6H2,(H,18,19)(H2,20,21,22,23)/t8-,13+/m0/s1. The summed E-state index contributed by atoms with van der Waals surface area (Å²) in [5.74, 6) is -0.185. The van der Waals surface area contributed by atoms with Crippen molar-refractivity contribution in [3.8, 4) is 0 Å². The predicted octanol–water partition coefficient (Wildman–Crippen LogP) is 1.89. The lowest BCUT2D eigenvalue weighted by Gasteiger charge is -2.28. The highest BCUT2D eigenvalue weighted by Gasteiger charge is 2.54. The largest absolute Gasteiger partial charge is 0.417 e. The van der Waals surface area contributed by atoms with E-state index >= 15 is 0 Å². The molecule has 3 amide bonds. The number of imide groups is 1. The Kier molecular flexibility index (Phi) is 3.65. The molecule has 3 N–H and O–H groups in total. The maximum absolute atomic E-state index is 12.5. The summed E-state index contributed by atoms with van der Waals surface area (Å²) in [5.41, 5.74) is -1.74. The average molecular weight is 328 g/mol. The van der Waals surface area contributed by atoms with Crippen molar-refractivity contribution < 1.29 is 22.8 Å². The number of pyridine rings is 1. The minimum absolute atomic E-state index is 0.141. The highest BCUT2D eigenvalue weighted by molar-refractivity contribution is 6.07. The lowest BCUT2D eigenvalue weighted by Crippen LogP contribution is -2.51. The number of nitrogens with one attached hydrogen (secondary N) is 3. The van der Waals surface area contributed by atoms with Gasteiger partial charge in [0, 0.05) is 18.7 Å². The topological polar surface area (TPSA) is 83.1 Å². The van der Waals surface area contributed by atoms with Crippen molar-refractivity contribution >= 4 is 17.8 Å². The van der Waals surface area contributed by atoms with E-state index in [1.165, 1.54) is 6.07 Å². The van der Waals surface area contributed by atoms with Gasteiger partial charge in [0.25, 0.3) is 5.91 Å². The number of amides is 3. The summed E-state index contributed by atoms with van der Waals surface area (Å²) in [6.07, 6.45) is -1.58. The highest BCUT2D eigenvalue weighted by atomic mass is 19.4. The second kappa shape index (κ2) is 5.39. The third kappa shape index (κ3) is 2.82. The van der Waals surface area contributed by atoms with Crippen LogP contribution in [0.1, 0.15) is 24.8 Å². The molecular formula is C14H15F3N4O2. The maximum atomic E-state index is 12.5. The highest BCUT2D eigenvalue weighted by Crippen LogP contribution is 2.38. The fourth-order valence-corrected chi connectivity index (χ4v) is 3.22. The van der Waals surface area contributed by atoms with Crippen LogP contribution in [0.5, 0.6) is 0 Å². The number of carbonyl (C=O) groups is 2. The van der Waals surface area contributed by atoms with Crippen molar-refractivity contribution in [2.24, 2.45) is 5.92 Å². The number of carbonyl (C=O) groups excluding carboxylic acids is 2. The van der Waals surface area contributed by atoms with Gasteiger partial charge in [-0.05, 0) is 25.0 Å². The fourth-order valence-electron chi connectivity index (χ4n) is 3.22. The van der Waals surface area contributed by atoms with Crippen LogP contribution in [0.4, 0.5) is 23.8 Å². The molecule has 1 saturated carbocycles. The van der Waals surface area contributed by atoms with E-state index in [1.807, 2.05) is 0 Å². The minimum atomic E-state index is -4.42. The lowest BCUT2D eigenvalue weighted by molar-refractivity contribution is -0.137. The molecule has 1 aromatic rings. The van der Waals surface area contributed by atoms with Crippen molar-refractivity contribution in [2.75, 3.05) is 11.9 Å². The molecule has 1 aromatic heterocycles. The van der Waals surface area contributed by atoms with Gasteiger partial charge in [-0.15, -0.1) is 0 Å². The van der Waals surface area contributed by atoms with E-state index in [1.54, 1.807) is 0 Å². The first kappa shape index (κ1) is 15.6. The van der Waals surface area contributed by atoms with Gasteiger partial charge in [0.2, 0.25) is 0 Å². The van der Waals surface area contributed by atoms with Crippen LogP contribution in [0.15, 0.2) is 18.3 Å². The molecule has 2 heterocycles. The molecule has 2 aliphatic rings. The van der Waals surface area contributed by atoms with E-state index in [0.717, 1.165) is 25.1 Å².